The van der Waals surface area contributed by atoms with Gasteiger partial charge in [-0.05, 0) is 49.4 Å². The highest BCUT2D eigenvalue weighted by molar-refractivity contribution is 6.00. The van der Waals surface area contributed by atoms with E-state index in [0.717, 1.165) is 67.8 Å². The van der Waals surface area contributed by atoms with Crippen LogP contribution in [0.2, 0.25) is 0 Å². The van der Waals surface area contributed by atoms with Crippen LogP contribution in [0.5, 0.6) is 5.75 Å². The first-order chi connectivity index (χ1) is 15.1. The number of esters is 1. The van der Waals surface area contributed by atoms with E-state index in [2.05, 4.69) is 34.8 Å². The van der Waals surface area contributed by atoms with Gasteiger partial charge in [0.2, 0.25) is 0 Å². The number of aromatic amines is 1. The fourth-order valence-electron chi connectivity index (χ4n) is 3.82. The monoisotopic (exact) mass is 421 g/mol. The second-order valence-corrected chi connectivity index (χ2v) is 8.13. The summed E-state index contributed by atoms with van der Waals surface area (Å²) in [6.45, 7) is 7.14. The van der Waals surface area contributed by atoms with E-state index in [1.165, 1.54) is 5.69 Å². The molecule has 0 atom stereocenters. The maximum Gasteiger partial charge on any atom is 0.355 e. The van der Waals surface area contributed by atoms with Crippen molar-refractivity contribution in [3.63, 3.8) is 0 Å². The molecule has 1 aliphatic rings. The molecular weight excluding hydrogens is 390 g/mol. The number of piperazine rings is 1. The van der Waals surface area contributed by atoms with Crippen LogP contribution in [0.4, 0.5) is 5.69 Å². The van der Waals surface area contributed by atoms with E-state index < -0.39 is 0 Å². The minimum atomic E-state index is -0.344. The van der Waals surface area contributed by atoms with Crippen LogP contribution in [-0.2, 0) is 11.3 Å². The molecule has 6 heteroatoms. The quantitative estimate of drug-likeness (QED) is 0.430. The average molecular weight is 422 g/mol. The summed E-state index contributed by atoms with van der Waals surface area (Å²) in [7, 11) is 2.15. The first-order valence-electron chi connectivity index (χ1n) is 11.1. The second kappa shape index (κ2) is 9.88. The van der Waals surface area contributed by atoms with E-state index in [9.17, 15) is 4.79 Å². The molecule has 1 aromatic heterocycles. The van der Waals surface area contributed by atoms with E-state index >= 15 is 0 Å². The Labute approximate surface area is 183 Å². The number of H-pyrrole nitrogens is 1. The van der Waals surface area contributed by atoms with Gasteiger partial charge in [0, 0.05) is 42.8 Å². The van der Waals surface area contributed by atoms with Crippen LogP contribution < -0.4 is 9.64 Å². The first-order valence-corrected chi connectivity index (χ1v) is 11.1. The van der Waals surface area contributed by atoms with Gasteiger partial charge in [0.1, 0.15) is 18.1 Å². The van der Waals surface area contributed by atoms with Gasteiger partial charge in [-0.1, -0.05) is 31.5 Å². The molecule has 1 aliphatic heterocycles. The number of carbonyl (C=O) groups is 1. The highest BCUT2D eigenvalue weighted by atomic mass is 16.5. The third-order valence-corrected chi connectivity index (χ3v) is 5.76. The van der Waals surface area contributed by atoms with E-state index in [-0.39, 0.29) is 12.6 Å². The maximum absolute atomic E-state index is 12.7. The number of likely N-dealkylation sites (N-methyl/N-ethyl adjacent to an activating group) is 1. The zero-order valence-corrected chi connectivity index (χ0v) is 18.4. The van der Waals surface area contributed by atoms with Gasteiger partial charge in [-0.2, -0.15) is 0 Å². The molecule has 31 heavy (non-hydrogen) atoms. The van der Waals surface area contributed by atoms with Crippen LogP contribution in [0.1, 0.15) is 35.8 Å². The number of nitrogens with zero attached hydrogens (tertiary/aromatic N) is 2. The van der Waals surface area contributed by atoms with Crippen molar-refractivity contribution in [1.82, 2.24) is 9.88 Å². The van der Waals surface area contributed by atoms with Gasteiger partial charge in [0.25, 0.3) is 0 Å². The molecule has 0 bridgehead atoms. The fourth-order valence-corrected chi connectivity index (χ4v) is 3.82. The molecule has 1 fully saturated rings. The number of benzene rings is 2. The molecule has 2 aromatic carbocycles. The Morgan fingerprint density at radius 3 is 2.58 bits per heavy atom. The minimum absolute atomic E-state index is 0.231. The van der Waals surface area contributed by atoms with Crippen LogP contribution in [0.25, 0.3) is 10.9 Å². The Hall–Kier alpha value is -2.99. The van der Waals surface area contributed by atoms with Gasteiger partial charge < -0.3 is 24.3 Å². The van der Waals surface area contributed by atoms with E-state index in [0.29, 0.717) is 5.69 Å². The lowest BCUT2D eigenvalue weighted by atomic mass is 10.1. The zero-order chi connectivity index (χ0) is 21.6. The Bertz CT molecular complexity index is 1000. The highest BCUT2D eigenvalue weighted by Gasteiger charge is 2.19. The molecular formula is C25H31N3O3. The number of hydrogen-bond donors (Lipinski definition) is 1. The number of rotatable bonds is 8. The van der Waals surface area contributed by atoms with Gasteiger partial charge in [-0.3, -0.25) is 0 Å². The number of fused-ring (bicyclic) bond motifs is 1. The number of carbonyl (C=O) groups excluding carboxylic acids is 1. The molecule has 1 N–H and O–H groups in total. The Morgan fingerprint density at radius 1 is 1.06 bits per heavy atom. The topological polar surface area (TPSA) is 57.8 Å². The van der Waals surface area contributed by atoms with Gasteiger partial charge in [0.05, 0.1) is 6.61 Å². The lowest BCUT2D eigenvalue weighted by Gasteiger charge is -2.34. The predicted octanol–water partition coefficient (Wildman–Crippen LogP) is 4.46. The molecule has 0 aliphatic carbocycles. The third-order valence-electron chi connectivity index (χ3n) is 5.76. The molecule has 4 rings (SSSR count). The van der Waals surface area contributed by atoms with Crippen molar-refractivity contribution >= 4 is 22.6 Å². The van der Waals surface area contributed by atoms with Crippen LogP contribution >= 0.6 is 0 Å². The standard InChI is InChI=1S/C25H31N3O3/c1-3-4-16-30-20-10-8-19(9-11-20)18-31-25(29)23-17-21-22(26-23)6-5-7-24(21)28-14-12-27(2)13-15-28/h5-11,17,26H,3-4,12-16,18H2,1-2H3. The largest absolute Gasteiger partial charge is 0.494 e. The van der Waals surface area contributed by atoms with E-state index in [4.69, 9.17) is 9.47 Å². The van der Waals surface area contributed by atoms with Crippen LogP contribution in [0.3, 0.4) is 0 Å². The normalized spacial score (nSPS) is 14.7. The molecule has 0 amide bonds. The summed E-state index contributed by atoms with van der Waals surface area (Å²) in [5, 5.41) is 1.06. The van der Waals surface area contributed by atoms with Crippen molar-refractivity contribution in [3.05, 3.63) is 59.8 Å². The average Bonchev–Trinajstić information content (AvgIpc) is 3.24. The lowest BCUT2D eigenvalue weighted by molar-refractivity contribution is 0.0467. The molecule has 2 heterocycles. The summed E-state index contributed by atoms with van der Waals surface area (Å²) in [4.78, 5) is 20.6. The smallest absolute Gasteiger partial charge is 0.355 e. The Balaban J connectivity index is 1.39. The minimum Gasteiger partial charge on any atom is -0.494 e. The molecule has 3 aromatic rings. The number of unbranched alkanes of at least 4 members (excludes halogenated alkanes) is 1. The van der Waals surface area contributed by atoms with Crippen molar-refractivity contribution in [2.75, 3.05) is 44.7 Å². The first kappa shape index (κ1) is 21.2. The third kappa shape index (κ3) is 5.20. The van der Waals surface area contributed by atoms with Crippen molar-refractivity contribution in [3.8, 4) is 5.75 Å². The fraction of sp³-hybridized carbons (Fsp3) is 0.400. The number of nitrogens with one attached hydrogen (secondary N) is 1. The highest BCUT2D eigenvalue weighted by Crippen LogP contribution is 2.28. The van der Waals surface area contributed by atoms with Crippen LogP contribution in [-0.4, -0.2) is 55.7 Å². The summed E-state index contributed by atoms with van der Waals surface area (Å²) < 4.78 is 11.2. The maximum atomic E-state index is 12.7. The molecule has 0 saturated carbocycles. The Morgan fingerprint density at radius 2 is 1.84 bits per heavy atom. The predicted molar refractivity (Wildman–Crippen MR) is 124 cm³/mol. The summed E-state index contributed by atoms with van der Waals surface area (Å²) in [5.74, 6) is 0.499. The van der Waals surface area contributed by atoms with Crippen molar-refractivity contribution in [1.29, 1.82) is 0 Å². The molecule has 1 saturated heterocycles. The molecule has 164 valence electrons. The number of hydrogen-bond acceptors (Lipinski definition) is 5. The number of anilines is 1. The number of aromatic nitrogens is 1. The number of ether oxygens (including phenoxy) is 2. The SMILES string of the molecule is CCCCOc1ccc(COC(=O)c2cc3c(N4CCN(C)CC4)cccc3[nH]2)cc1. The van der Waals surface area contributed by atoms with Crippen LogP contribution in [0, 0.1) is 0 Å². The molecule has 0 unspecified atom stereocenters. The molecule has 0 spiro atoms. The lowest BCUT2D eigenvalue weighted by Crippen LogP contribution is -2.44. The van der Waals surface area contributed by atoms with Crippen LogP contribution in [0.15, 0.2) is 48.5 Å². The van der Waals surface area contributed by atoms with Crippen molar-refractivity contribution < 1.29 is 14.3 Å². The van der Waals surface area contributed by atoms with Crippen molar-refractivity contribution in [2.45, 2.75) is 26.4 Å². The van der Waals surface area contributed by atoms with Gasteiger partial charge in [-0.15, -0.1) is 0 Å². The zero-order valence-electron chi connectivity index (χ0n) is 18.4. The Kier molecular flexibility index (Phi) is 6.77. The van der Waals surface area contributed by atoms with Gasteiger partial charge in [-0.25, -0.2) is 4.79 Å². The summed E-state index contributed by atoms with van der Waals surface area (Å²) in [6, 6.07) is 15.8. The van der Waals surface area contributed by atoms with Gasteiger partial charge >= 0.3 is 5.97 Å². The summed E-state index contributed by atoms with van der Waals surface area (Å²) in [6.07, 6.45) is 2.15. The van der Waals surface area contributed by atoms with E-state index in [1.54, 1.807) is 0 Å². The van der Waals surface area contributed by atoms with Crippen molar-refractivity contribution in [2.24, 2.45) is 0 Å². The van der Waals surface area contributed by atoms with E-state index in [1.807, 2.05) is 42.5 Å². The van der Waals surface area contributed by atoms with Gasteiger partial charge in [0.15, 0.2) is 0 Å². The summed E-state index contributed by atoms with van der Waals surface area (Å²) in [5.41, 5.74) is 3.54. The molecule has 0 radical (unpaired) electrons. The molecule has 6 nitrogen and oxygen atoms in total. The second-order valence-electron chi connectivity index (χ2n) is 8.13. The summed E-state index contributed by atoms with van der Waals surface area (Å²) >= 11 is 0.